The summed E-state index contributed by atoms with van der Waals surface area (Å²) in [6.45, 7) is 4.00. The Morgan fingerprint density at radius 3 is 2.50 bits per heavy atom. The van der Waals surface area contributed by atoms with E-state index >= 15 is 0 Å². The summed E-state index contributed by atoms with van der Waals surface area (Å²) in [4.78, 5) is 27.8. The molecule has 24 heavy (non-hydrogen) atoms. The molecule has 0 fully saturated rings. The Labute approximate surface area is 155 Å². The second-order valence-electron chi connectivity index (χ2n) is 5.41. The van der Waals surface area contributed by atoms with Crippen molar-refractivity contribution in [1.29, 1.82) is 0 Å². The third-order valence-electron chi connectivity index (χ3n) is 3.48. The molecule has 0 aliphatic carbocycles. The van der Waals surface area contributed by atoms with Crippen LogP contribution in [0.2, 0.25) is 10.0 Å². The number of likely N-dealkylation sites (N-methyl/N-ethyl adjacent to an activating group) is 1. The molecule has 0 bridgehead atoms. The van der Waals surface area contributed by atoms with Crippen LogP contribution < -0.4 is 5.32 Å². The molecule has 1 heterocycles. The summed E-state index contributed by atoms with van der Waals surface area (Å²) in [7, 11) is 1.61. The number of thiophene rings is 1. The van der Waals surface area contributed by atoms with Crippen LogP contribution in [0.1, 0.15) is 27.0 Å². The van der Waals surface area contributed by atoms with E-state index in [1.165, 1.54) is 21.1 Å². The molecule has 0 unspecified atom stereocenters. The highest BCUT2D eigenvalue weighted by Crippen LogP contribution is 2.25. The van der Waals surface area contributed by atoms with Crippen molar-refractivity contribution in [1.82, 2.24) is 4.90 Å². The molecule has 1 aromatic heterocycles. The van der Waals surface area contributed by atoms with Crippen molar-refractivity contribution < 1.29 is 9.59 Å². The van der Waals surface area contributed by atoms with Crippen LogP contribution in [0.15, 0.2) is 24.3 Å². The van der Waals surface area contributed by atoms with Crippen molar-refractivity contribution in [3.05, 3.63) is 49.6 Å². The molecule has 0 aliphatic heterocycles. The van der Waals surface area contributed by atoms with E-state index in [9.17, 15) is 9.59 Å². The van der Waals surface area contributed by atoms with Crippen LogP contribution in [0, 0.1) is 6.92 Å². The van der Waals surface area contributed by atoms with Gasteiger partial charge in [-0.15, -0.1) is 11.3 Å². The van der Waals surface area contributed by atoms with Gasteiger partial charge in [0.1, 0.15) is 0 Å². The summed E-state index contributed by atoms with van der Waals surface area (Å²) < 4.78 is 0. The van der Waals surface area contributed by atoms with Crippen LogP contribution in [0.3, 0.4) is 0 Å². The molecule has 0 spiro atoms. The number of hydrogen-bond acceptors (Lipinski definition) is 3. The van der Waals surface area contributed by atoms with E-state index in [-0.39, 0.29) is 18.4 Å². The van der Waals surface area contributed by atoms with Crippen LogP contribution in [0.5, 0.6) is 0 Å². The molecular weight excluding hydrogens is 367 g/mol. The van der Waals surface area contributed by atoms with Crippen LogP contribution in [0.4, 0.5) is 5.69 Å². The second-order valence-corrected chi connectivity index (χ2v) is 7.36. The zero-order chi connectivity index (χ0) is 17.9. The van der Waals surface area contributed by atoms with Crippen molar-refractivity contribution in [2.45, 2.75) is 20.3 Å². The lowest BCUT2D eigenvalue weighted by Gasteiger charge is -2.16. The first-order chi connectivity index (χ1) is 11.3. The van der Waals surface area contributed by atoms with Gasteiger partial charge in [-0.1, -0.05) is 30.1 Å². The number of nitrogens with one attached hydrogen (secondary N) is 1. The Balaban J connectivity index is 1.99. The van der Waals surface area contributed by atoms with E-state index in [0.717, 1.165) is 12.0 Å². The van der Waals surface area contributed by atoms with Crippen molar-refractivity contribution in [2.75, 3.05) is 18.9 Å². The van der Waals surface area contributed by atoms with E-state index in [1.54, 1.807) is 25.2 Å². The highest BCUT2D eigenvalue weighted by Gasteiger charge is 2.18. The quantitative estimate of drug-likeness (QED) is 0.816. The lowest BCUT2D eigenvalue weighted by molar-refractivity contribution is -0.116. The molecule has 7 heteroatoms. The molecule has 0 saturated carbocycles. The molecule has 0 aliphatic rings. The highest BCUT2D eigenvalue weighted by atomic mass is 35.5. The molecule has 2 rings (SSSR count). The fourth-order valence-corrected chi connectivity index (χ4v) is 3.63. The molecule has 0 saturated heterocycles. The predicted molar refractivity (Wildman–Crippen MR) is 100 cm³/mol. The van der Waals surface area contributed by atoms with Crippen molar-refractivity contribution >= 4 is 52.0 Å². The molecular formula is C17H18Cl2N2O2S. The number of nitrogens with zero attached hydrogens (tertiary/aromatic N) is 1. The molecule has 1 N–H and O–H groups in total. The van der Waals surface area contributed by atoms with E-state index in [1.807, 2.05) is 13.0 Å². The SMILES string of the molecule is CCc1sc(C(=O)N(C)CC(=O)Nc2ccc(Cl)c(Cl)c2)cc1C. The summed E-state index contributed by atoms with van der Waals surface area (Å²) >= 11 is 13.2. The van der Waals surface area contributed by atoms with Gasteiger partial charge in [-0.05, 0) is 43.2 Å². The van der Waals surface area contributed by atoms with Gasteiger partial charge >= 0.3 is 0 Å². The average molecular weight is 385 g/mol. The zero-order valence-electron chi connectivity index (χ0n) is 13.7. The number of aryl methyl sites for hydroxylation is 2. The molecule has 0 atom stereocenters. The summed E-state index contributed by atoms with van der Waals surface area (Å²) in [5, 5.41) is 3.48. The summed E-state index contributed by atoms with van der Waals surface area (Å²) in [5.74, 6) is -0.458. The molecule has 2 aromatic rings. The molecule has 128 valence electrons. The van der Waals surface area contributed by atoms with Gasteiger partial charge in [0.05, 0.1) is 21.5 Å². The number of carbonyl (C=O) groups is 2. The standard InChI is InChI=1S/C17H18Cl2N2O2S/c1-4-14-10(2)7-15(24-14)17(23)21(3)9-16(22)20-11-5-6-12(18)13(19)8-11/h5-8H,4,9H2,1-3H3,(H,20,22). The van der Waals surface area contributed by atoms with Crippen LogP contribution in [-0.2, 0) is 11.2 Å². The van der Waals surface area contributed by atoms with E-state index in [4.69, 9.17) is 23.2 Å². The van der Waals surface area contributed by atoms with Crippen molar-refractivity contribution in [2.24, 2.45) is 0 Å². The number of halogens is 2. The number of amides is 2. The van der Waals surface area contributed by atoms with Gasteiger partial charge in [-0.25, -0.2) is 0 Å². The lowest BCUT2D eigenvalue weighted by atomic mass is 10.2. The first-order valence-electron chi connectivity index (χ1n) is 7.41. The number of rotatable bonds is 5. The van der Waals surface area contributed by atoms with Gasteiger partial charge in [0, 0.05) is 17.6 Å². The number of carbonyl (C=O) groups excluding carboxylic acids is 2. The minimum Gasteiger partial charge on any atom is -0.332 e. The third-order valence-corrected chi connectivity index (χ3v) is 5.59. The fraction of sp³-hybridized carbons (Fsp3) is 0.294. The number of anilines is 1. The van der Waals surface area contributed by atoms with E-state index < -0.39 is 0 Å². The predicted octanol–water partition coefficient (Wildman–Crippen LogP) is 4.64. The smallest absolute Gasteiger partial charge is 0.264 e. The first kappa shape index (κ1) is 18.8. The van der Waals surface area contributed by atoms with Gasteiger partial charge in [0.15, 0.2) is 0 Å². The monoisotopic (exact) mass is 384 g/mol. The summed E-state index contributed by atoms with van der Waals surface area (Å²) in [5.41, 5.74) is 1.65. The second kappa shape index (κ2) is 8.01. The molecule has 0 radical (unpaired) electrons. The largest absolute Gasteiger partial charge is 0.332 e. The van der Waals surface area contributed by atoms with Gasteiger partial charge in [-0.3, -0.25) is 9.59 Å². The van der Waals surface area contributed by atoms with Crippen LogP contribution >= 0.6 is 34.5 Å². The van der Waals surface area contributed by atoms with Gasteiger partial charge in [0.25, 0.3) is 5.91 Å². The van der Waals surface area contributed by atoms with Gasteiger partial charge < -0.3 is 10.2 Å². The van der Waals surface area contributed by atoms with Gasteiger partial charge in [0.2, 0.25) is 5.91 Å². The Hall–Kier alpha value is -1.56. The summed E-state index contributed by atoms with van der Waals surface area (Å²) in [6, 6.07) is 6.71. The Morgan fingerprint density at radius 1 is 1.21 bits per heavy atom. The third kappa shape index (κ3) is 4.50. The normalized spacial score (nSPS) is 10.5. The van der Waals surface area contributed by atoms with Crippen LogP contribution in [-0.4, -0.2) is 30.3 Å². The maximum atomic E-state index is 12.4. The van der Waals surface area contributed by atoms with E-state index in [0.29, 0.717) is 20.6 Å². The zero-order valence-corrected chi connectivity index (χ0v) is 16.0. The van der Waals surface area contributed by atoms with E-state index in [2.05, 4.69) is 12.2 Å². The fourth-order valence-electron chi connectivity index (χ4n) is 2.23. The summed E-state index contributed by atoms with van der Waals surface area (Å²) in [6.07, 6.45) is 0.894. The van der Waals surface area contributed by atoms with Crippen molar-refractivity contribution in [3.63, 3.8) is 0 Å². The van der Waals surface area contributed by atoms with Gasteiger partial charge in [-0.2, -0.15) is 0 Å². The average Bonchev–Trinajstić information content (AvgIpc) is 2.91. The number of benzene rings is 1. The highest BCUT2D eigenvalue weighted by molar-refractivity contribution is 7.14. The molecule has 4 nitrogen and oxygen atoms in total. The van der Waals surface area contributed by atoms with Crippen LogP contribution in [0.25, 0.3) is 0 Å². The molecule has 2 amide bonds. The Kier molecular flexibility index (Phi) is 6.27. The molecule has 1 aromatic carbocycles. The maximum absolute atomic E-state index is 12.4. The topological polar surface area (TPSA) is 49.4 Å². The number of hydrogen-bond donors (Lipinski definition) is 1. The first-order valence-corrected chi connectivity index (χ1v) is 8.98. The lowest BCUT2D eigenvalue weighted by Crippen LogP contribution is -2.34. The Bertz CT molecular complexity index is 774. The van der Waals surface area contributed by atoms with Crippen molar-refractivity contribution in [3.8, 4) is 0 Å². The maximum Gasteiger partial charge on any atom is 0.264 e. The minimum absolute atomic E-state index is 0.0442. The Morgan fingerprint density at radius 2 is 1.92 bits per heavy atom. The minimum atomic E-state index is -0.298.